The number of hydrogen-bond acceptors (Lipinski definition) is 5. The molecule has 1 N–H and O–H groups in total. The minimum Gasteiger partial charge on any atom is -0.471 e. The number of carbonyl (C=O) groups is 2. The average molecular weight is 403 g/mol. The van der Waals surface area contributed by atoms with Crippen LogP contribution >= 0.6 is 0 Å². The van der Waals surface area contributed by atoms with Crippen molar-refractivity contribution < 1.29 is 23.1 Å². The van der Waals surface area contributed by atoms with Crippen LogP contribution in [0.2, 0.25) is 0 Å². The Balaban J connectivity index is 1.59. The monoisotopic (exact) mass is 403 g/mol. The van der Waals surface area contributed by atoms with E-state index in [-0.39, 0.29) is 36.5 Å². The molecule has 0 spiro atoms. The molecule has 1 aliphatic rings. The number of amides is 1. The van der Waals surface area contributed by atoms with E-state index < -0.39 is 13.0 Å². The summed E-state index contributed by atoms with van der Waals surface area (Å²) >= 11 is 0. The number of pyridine rings is 2. The number of aryl methyl sites for hydroxylation is 1. The van der Waals surface area contributed by atoms with Crippen molar-refractivity contribution in [1.29, 1.82) is 0 Å². The topological polar surface area (TPSA) is 81.2 Å². The first-order chi connectivity index (χ1) is 14.0. The molecule has 0 atom stereocenters. The van der Waals surface area contributed by atoms with Crippen LogP contribution in [0.15, 0.2) is 30.6 Å². The Labute approximate surface area is 167 Å². The highest BCUT2D eigenvalue weighted by molar-refractivity contribution is 5.94. The Hall–Kier alpha value is -2.90. The fraction of sp³-hybridized carbons (Fsp3) is 0.429. The number of alkyl halides is 2. The lowest BCUT2D eigenvalue weighted by Crippen LogP contribution is -2.23. The van der Waals surface area contributed by atoms with Crippen molar-refractivity contribution in [3.05, 3.63) is 53.0 Å². The summed E-state index contributed by atoms with van der Waals surface area (Å²) in [6.45, 7) is 1.40. The number of aromatic nitrogens is 2. The Morgan fingerprint density at radius 3 is 2.76 bits per heavy atom. The van der Waals surface area contributed by atoms with Crippen molar-refractivity contribution in [1.82, 2.24) is 15.3 Å². The summed E-state index contributed by atoms with van der Waals surface area (Å²) in [6, 6.07) is 5.00. The number of nitrogens with one attached hydrogen (secondary N) is 1. The van der Waals surface area contributed by atoms with Crippen LogP contribution in [0.25, 0.3) is 0 Å². The standard InChI is InChI=1S/C21H23F2N3O3/c1-2-14-7-13(11-26-21(14)29-12-19(22)23)10-25-20(28)16-5-6-24-17(8-16)9-18(27)15-3-4-15/h5-8,11,15,19H,2-4,9-10,12H2,1H3,(H,25,28). The third-order valence-electron chi connectivity index (χ3n) is 4.63. The third-order valence-corrected chi connectivity index (χ3v) is 4.63. The van der Waals surface area contributed by atoms with Gasteiger partial charge in [-0.15, -0.1) is 0 Å². The molecule has 29 heavy (non-hydrogen) atoms. The Kier molecular flexibility index (Phi) is 6.85. The van der Waals surface area contributed by atoms with Gasteiger partial charge >= 0.3 is 0 Å². The molecule has 1 aliphatic carbocycles. The second-order valence-corrected chi connectivity index (χ2v) is 7.00. The van der Waals surface area contributed by atoms with E-state index in [0.717, 1.165) is 18.4 Å². The maximum Gasteiger partial charge on any atom is 0.272 e. The zero-order valence-electron chi connectivity index (χ0n) is 16.2. The smallest absolute Gasteiger partial charge is 0.272 e. The first-order valence-electron chi connectivity index (χ1n) is 9.60. The Morgan fingerprint density at radius 1 is 1.28 bits per heavy atom. The van der Waals surface area contributed by atoms with Crippen molar-refractivity contribution in [2.24, 2.45) is 5.92 Å². The molecule has 0 bridgehead atoms. The molecule has 2 aromatic heterocycles. The summed E-state index contributed by atoms with van der Waals surface area (Å²) in [6.07, 6.45) is 3.15. The minimum atomic E-state index is -2.56. The molecule has 154 valence electrons. The molecule has 1 fully saturated rings. The van der Waals surface area contributed by atoms with Gasteiger partial charge in [-0.25, -0.2) is 13.8 Å². The average Bonchev–Trinajstić information content (AvgIpc) is 3.56. The molecule has 0 aromatic carbocycles. The number of halogens is 2. The Bertz CT molecular complexity index is 885. The van der Waals surface area contributed by atoms with Crippen LogP contribution in [0.3, 0.4) is 0 Å². The molecule has 2 aromatic rings. The predicted octanol–water partition coefficient (Wildman–Crippen LogP) is 3.13. The van der Waals surface area contributed by atoms with Crippen LogP contribution in [-0.2, 0) is 24.2 Å². The quantitative estimate of drug-likeness (QED) is 0.659. The van der Waals surface area contributed by atoms with E-state index in [1.54, 1.807) is 18.2 Å². The molecular formula is C21H23F2N3O3. The van der Waals surface area contributed by atoms with Crippen molar-refractivity contribution in [2.75, 3.05) is 6.61 Å². The maximum atomic E-state index is 12.4. The molecule has 0 saturated heterocycles. The highest BCUT2D eigenvalue weighted by Crippen LogP contribution is 2.30. The van der Waals surface area contributed by atoms with E-state index in [2.05, 4.69) is 15.3 Å². The summed E-state index contributed by atoms with van der Waals surface area (Å²) < 4.78 is 29.7. The van der Waals surface area contributed by atoms with Crippen LogP contribution in [0.5, 0.6) is 5.88 Å². The van der Waals surface area contributed by atoms with Crippen molar-refractivity contribution >= 4 is 11.7 Å². The van der Waals surface area contributed by atoms with Gasteiger partial charge in [0.25, 0.3) is 12.3 Å². The lowest BCUT2D eigenvalue weighted by Gasteiger charge is -2.11. The number of ether oxygens (including phenoxy) is 1. The lowest BCUT2D eigenvalue weighted by molar-refractivity contribution is -0.119. The number of carbonyl (C=O) groups excluding carboxylic acids is 2. The maximum absolute atomic E-state index is 12.4. The van der Waals surface area contributed by atoms with Gasteiger partial charge in [0.1, 0.15) is 5.78 Å². The first-order valence-corrected chi connectivity index (χ1v) is 9.60. The van der Waals surface area contributed by atoms with Gasteiger partial charge in [-0.1, -0.05) is 6.92 Å². The lowest BCUT2D eigenvalue weighted by atomic mass is 10.1. The van der Waals surface area contributed by atoms with Crippen LogP contribution < -0.4 is 10.1 Å². The number of rotatable bonds is 10. The SMILES string of the molecule is CCc1cc(CNC(=O)c2ccnc(CC(=O)C3CC3)c2)cnc1OCC(F)F. The minimum absolute atomic E-state index is 0.155. The molecule has 1 amide bonds. The van der Waals surface area contributed by atoms with Gasteiger partial charge < -0.3 is 10.1 Å². The molecule has 0 aliphatic heterocycles. The molecule has 2 heterocycles. The van der Waals surface area contributed by atoms with Gasteiger partial charge in [0, 0.05) is 48.1 Å². The molecule has 6 nitrogen and oxygen atoms in total. The van der Waals surface area contributed by atoms with Crippen LogP contribution in [0.1, 0.15) is 46.9 Å². The van der Waals surface area contributed by atoms with E-state index in [9.17, 15) is 18.4 Å². The van der Waals surface area contributed by atoms with Gasteiger partial charge in [-0.2, -0.15) is 0 Å². The summed E-state index contributed by atoms with van der Waals surface area (Å²) in [5, 5.41) is 2.80. The number of Topliss-reactive ketones (excluding diaryl/α,β-unsaturated/α-hetero) is 1. The van der Waals surface area contributed by atoms with Crippen molar-refractivity contribution in [2.45, 2.75) is 45.6 Å². The van der Waals surface area contributed by atoms with Crippen LogP contribution in [0.4, 0.5) is 8.78 Å². The fourth-order valence-electron chi connectivity index (χ4n) is 2.90. The van der Waals surface area contributed by atoms with Gasteiger partial charge in [0.05, 0.1) is 0 Å². The Morgan fingerprint density at radius 2 is 2.07 bits per heavy atom. The van der Waals surface area contributed by atoms with E-state index in [1.165, 1.54) is 12.4 Å². The third kappa shape index (κ3) is 6.04. The summed E-state index contributed by atoms with van der Waals surface area (Å²) in [4.78, 5) is 32.6. The second-order valence-electron chi connectivity index (χ2n) is 7.00. The zero-order valence-corrected chi connectivity index (χ0v) is 16.2. The van der Waals surface area contributed by atoms with E-state index >= 15 is 0 Å². The van der Waals surface area contributed by atoms with Gasteiger partial charge in [-0.05, 0) is 43.0 Å². The summed E-state index contributed by atoms with van der Waals surface area (Å²) in [7, 11) is 0. The zero-order chi connectivity index (χ0) is 20.8. The van der Waals surface area contributed by atoms with Crippen molar-refractivity contribution in [3.8, 4) is 5.88 Å². The summed E-state index contributed by atoms with van der Waals surface area (Å²) in [5.74, 6) is 0.218. The van der Waals surface area contributed by atoms with Crippen LogP contribution in [-0.4, -0.2) is 34.7 Å². The first kappa shape index (κ1) is 20.8. The largest absolute Gasteiger partial charge is 0.471 e. The second kappa shape index (κ2) is 9.54. The number of hydrogen-bond donors (Lipinski definition) is 1. The summed E-state index contributed by atoms with van der Waals surface area (Å²) in [5.41, 5.74) is 2.45. The molecule has 0 radical (unpaired) electrons. The van der Waals surface area contributed by atoms with Gasteiger partial charge in [-0.3, -0.25) is 14.6 Å². The predicted molar refractivity (Wildman–Crippen MR) is 102 cm³/mol. The molecule has 3 rings (SSSR count). The molecule has 1 saturated carbocycles. The van der Waals surface area contributed by atoms with E-state index in [1.807, 2.05) is 6.92 Å². The highest BCUT2D eigenvalue weighted by atomic mass is 19.3. The number of nitrogens with zero attached hydrogens (tertiary/aromatic N) is 2. The van der Waals surface area contributed by atoms with Gasteiger partial charge in [0.15, 0.2) is 6.61 Å². The number of ketones is 1. The van der Waals surface area contributed by atoms with Gasteiger partial charge in [0.2, 0.25) is 5.88 Å². The van der Waals surface area contributed by atoms with Crippen molar-refractivity contribution in [3.63, 3.8) is 0 Å². The normalized spacial score (nSPS) is 13.4. The molecule has 0 unspecified atom stereocenters. The fourth-order valence-corrected chi connectivity index (χ4v) is 2.90. The highest BCUT2D eigenvalue weighted by Gasteiger charge is 2.29. The van der Waals surface area contributed by atoms with E-state index in [0.29, 0.717) is 23.2 Å². The molecular weight excluding hydrogens is 380 g/mol. The van der Waals surface area contributed by atoms with Crippen LogP contribution in [0, 0.1) is 5.92 Å². The molecule has 8 heteroatoms. The van der Waals surface area contributed by atoms with E-state index in [4.69, 9.17) is 4.74 Å².